The first-order chi connectivity index (χ1) is 10.4. The van der Waals surface area contributed by atoms with Gasteiger partial charge in [-0.05, 0) is 56.5 Å². The van der Waals surface area contributed by atoms with Gasteiger partial charge in [-0.1, -0.05) is 18.2 Å². The van der Waals surface area contributed by atoms with E-state index < -0.39 is 5.60 Å². The monoisotopic (exact) mass is 302 g/mol. The maximum Gasteiger partial charge on any atom is 0.410 e. The van der Waals surface area contributed by atoms with E-state index in [9.17, 15) is 4.79 Å². The Morgan fingerprint density at radius 2 is 2.00 bits per heavy atom. The van der Waals surface area contributed by atoms with E-state index in [2.05, 4.69) is 29.2 Å². The van der Waals surface area contributed by atoms with Gasteiger partial charge in [0.2, 0.25) is 0 Å². The number of likely N-dealkylation sites (tertiary alicyclic amines) is 1. The first-order valence-corrected chi connectivity index (χ1v) is 7.98. The largest absolute Gasteiger partial charge is 0.444 e. The van der Waals surface area contributed by atoms with Crippen LogP contribution >= 0.6 is 0 Å². The maximum absolute atomic E-state index is 12.1. The molecule has 0 radical (unpaired) electrons. The Bertz CT molecular complexity index is 667. The highest BCUT2D eigenvalue weighted by atomic mass is 16.6. The zero-order valence-corrected chi connectivity index (χ0v) is 13.6. The molecule has 1 saturated heterocycles. The first-order valence-electron chi connectivity index (χ1n) is 7.98. The molecule has 3 rings (SSSR count). The van der Waals surface area contributed by atoms with Crippen molar-refractivity contribution in [3.05, 3.63) is 36.0 Å². The lowest BCUT2D eigenvalue weighted by Gasteiger charge is -2.33. The van der Waals surface area contributed by atoms with E-state index in [4.69, 9.17) is 4.74 Å². The fourth-order valence-corrected chi connectivity index (χ4v) is 3.15. The van der Waals surface area contributed by atoms with Crippen LogP contribution in [0.15, 0.2) is 30.5 Å². The lowest BCUT2D eigenvalue weighted by molar-refractivity contribution is 0.0205. The quantitative estimate of drug-likeness (QED) is 0.841. The van der Waals surface area contributed by atoms with Gasteiger partial charge in [0.05, 0.1) is 0 Å². The zero-order chi connectivity index (χ0) is 15.7. The number of aromatic nitrogens is 1. The van der Waals surface area contributed by atoms with Crippen molar-refractivity contribution in [2.75, 3.05) is 13.1 Å². The van der Waals surface area contributed by atoms with Crippen LogP contribution in [0.1, 0.15) is 46.5 Å². The average molecular weight is 302 g/mol. The van der Waals surface area contributed by atoms with Gasteiger partial charge >= 0.3 is 6.09 Å². The minimum Gasteiger partial charge on any atom is -0.444 e. The summed E-state index contributed by atoms with van der Waals surface area (Å²) in [6.07, 6.45) is 3.77. The van der Waals surface area contributed by atoms with Crippen molar-refractivity contribution < 1.29 is 11.0 Å². The van der Waals surface area contributed by atoms with Crippen LogP contribution < -0.4 is 0 Å². The second kappa shape index (κ2) is 5.67. The highest BCUT2D eigenvalue weighted by Gasteiger charge is 2.28. The van der Waals surface area contributed by atoms with Crippen LogP contribution in [0.3, 0.4) is 0 Å². The summed E-state index contributed by atoms with van der Waals surface area (Å²) in [5.74, 6) is 0.501. The van der Waals surface area contributed by atoms with E-state index in [1.165, 1.54) is 16.5 Å². The fraction of sp³-hybridized carbons (Fsp3) is 0.500. The molecule has 1 aliphatic rings. The number of rotatable bonds is 1. The Labute approximate surface area is 132 Å². The normalized spacial score (nSPS) is 17.0. The Kier molecular flexibility index (Phi) is 3.85. The number of aromatic amines is 1. The SMILES string of the molecule is CC(C)(C)OC(=O)N1CCC(c2cccc3cc[nH]c23)CC1.[HH]. The summed E-state index contributed by atoms with van der Waals surface area (Å²) < 4.78 is 5.46. The van der Waals surface area contributed by atoms with E-state index in [0.717, 1.165) is 25.9 Å². The number of amides is 1. The molecule has 1 aromatic heterocycles. The lowest BCUT2D eigenvalue weighted by atomic mass is 9.88. The number of carbonyl (C=O) groups excluding carboxylic acids is 1. The summed E-state index contributed by atoms with van der Waals surface area (Å²) in [6, 6.07) is 8.55. The van der Waals surface area contributed by atoms with Gasteiger partial charge in [-0.15, -0.1) is 0 Å². The molecule has 1 amide bonds. The van der Waals surface area contributed by atoms with Crippen LogP contribution in [-0.4, -0.2) is 34.7 Å². The minimum atomic E-state index is -0.427. The Morgan fingerprint density at radius 3 is 2.68 bits per heavy atom. The number of H-pyrrole nitrogens is 1. The summed E-state index contributed by atoms with van der Waals surface area (Å²) in [6.45, 7) is 7.24. The molecular weight excluding hydrogens is 276 g/mol. The average Bonchev–Trinajstić information content (AvgIpc) is 2.94. The van der Waals surface area contributed by atoms with Gasteiger partial charge in [0.15, 0.2) is 0 Å². The predicted molar refractivity (Wildman–Crippen MR) is 90.2 cm³/mol. The molecule has 1 aliphatic heterocycles. The topological polar surface area (TPSA) is 45.3 Å². The van der Waals surface area contributed by atoms with Crippen LogP contribution in [-0.2, 0) is 4.74 Å². The lowest BCUT2D eigenvalue weighted by Crippen LogP contribution is -2.41. The van der Waals surface area contributed by atoms with Gasteiger partial charge in [-0.2, -0.15) is 0 Å². The number of hydrogen-bond acceptors (Lipinski definition) is 2. The molecule has 1 fully saturated rings. The van der Waals surface area contributed by atoms with Crippen molar-refractivity contribution in [2.45, 2.75) is 45.1 Å². The molecule has 0 saturated carbocycles. The molecule has 0 aliphatic carbocycles. The van der Waals surface area contributed by atoms with Gasteiger partial charge in [-0.25, -0.2) is 4.79 Å². The summed E-state index contributed by atoms with van der Waals surface area (Å²) in [4.78, 5) is 17.3. The molecule has 1 N–H and O–H groups in total. The number of para-hydroxylation sites is 1. The molecule has 120 valence electrons. The van der Waals surface area contributed by atoms with Gasteiger partial charge < -0.3 is 14.6 Å². The van der Waals surface area contributed by atoms with Crippen LogP contribution in [0.4, 0.5) is 4.79 Å². The molecule has 2 heterocycles. The minimum absolute atomic E-state index is 0. The smallest absolute Gasteiger partial charge is 0.410 e. The van der Waals surface area contributed by atoms with Crippen molar-refractivity contribution in [3.8, 4) is 0 Å². The number of piperidine rings is 1. The second-order valence-corrected chi connectivity index (χ2v) is 7.03. The molecule has 0 atom stereocenters. The van der Waals surface area contributed by atoms with Crippen LogP contribution in [0.5, 0.6) is 0 Å². The Balaban J connectivity index is 0.00000192. The third-order valence-electron chi connectivity index (χ3n) is 4.21. The second-order valence-electron chi connectivity index (χ2n) is 7.03. The maximum atomic E-state index is 12.1. The molecule has 2 aromatic rings. The number of hydrogen-bond donors (Lipinski definition) is 1. The molecule has 0 bridgehead atoms. The highest BCUT2D eigenvalue weighted by Crippen LogP contribution is 2.32. The molecule has 22 heavy (non-hydrogen) atoms. The standard InChI is InChI=1S/C18H24N2O2.H2/c1-18(2,3)22-17(21)20-11-8-13(9-12-20)15-6-4-5-14-7-10-19-16(14)15;/h4-7,10,13,19H,8-9,11-12H2,1-3H3;1H. The number of ether oxygens (including phenoxy) is 1. The zero-order valence-electron chi connectivity index (χ0n) is 13.6. The molecule has 4 heteroatoms. The number of nitrogens with one attached hydrogen (secondary N) is 1. The van der Waals surface area contributed by atoms with Crippen molar-refractivity contribution in [1.29, 1.82) is 0 Å². The molecule has 0 unspecified atom stereocenters. The highest BCUT2D eigenvalue weighted by molar-refractivity contribution is 5.83. The summed E-state index contributed by atoms with van der Waals surface area (Å²) in [5, 5.41) is 1.26. The van der Waals surface area contributed by atoms with E-state index in [0.29, 0.717) is 5.92 Å². The van der Waals surface area contributed by atoms with E-state index in [1.54, 1.807) is 0 Å². The van der Waals surface area contributed by atoms with Crippen LogP contribution in [0.25, 0.3) is 10.9 Å². The van der Waals surface area contributed by atoms with Crippen LogP contribution in [0, 0.1) is 0 Å². The number of fused-ring (bicyclic) bond motifs is 1. The van der Waals surface area contributed by atoms with Gasteiger partial charge in [-0.3, -0.25) is 0 Å². The molecule has 4 nitrogen and oxygen atoms in total. The fourth-order valence-electron chi connectivity index (χ4n) is 3.15. The third kappa shape index (κ3) is 3.11. The van der Waals surface area contributed by atoms with Gasteiger partial charge in [0.25, 0.3) is 0 Å². The van der Waals surface area contributed by atoms with E-state index >= 15 is 0 Å². The van der Waals surface area contributed by atoms with Gasteiger partial charge in [0.1, 0.15) is 5.60 Å². The Morgan fingerprint density at radius 1 is 1.27 bits per heavy atom. The number of benzene rings is 1. The van der Waals surface area contributed by atoms with E-state index in [-0.39, 0.29) is 7.52 Å². The van der Waals surface area contributed by atoms with Gasteiger partial charge in [0, 0.05) is 26.2 Å². The van der Waals surface area contributed by atoms with Crippen molar-refractivity contribution in [3.63, 3.8) is 0 Å². The summed E-state index contributed by atoms with van der Waals surface area (Å²) in [7, 11) is 0. The van der Waals surface area contributed by atoms with E-state index in [1.807, 2.05) is 31.9 Å². The van der Waals surface area contributed by atoms with Crippen molar-refractivity contribution in [2.24, 2.45) is 0 Å². The molecule has 0 spiro atoms. The molecule has 1 aromatic carbocycles. The summed E-state index contributed by atoms with van der Waals surface area (Å²) >= 11 is 0. The van der Waals surface area contributed by atoms with Crippen molar-refractivity contribution in [1.82, 2.24) is 9.88 Å². The third-order valence-corrected chi connectivity index (χ3v) is 4.21. The Hall–Kier alpha value is -1.97. The number of carbonyl (C=O) groups is 1. The predicted octanol–water partition coefficient (Wildman–Crippen LogP) is 4.53. The molecular formula is C18H26N2O2. The van der Waals surface area contributed by atoms with Crippen molar-refractivity contribution >= 4 is 17.0 Å². The summed E-state index contributed by atoms with van der Waals surface area (Å²) in [5.41, 5.74) is 2.17. The first kappa shape index (κ1) is 14.9. The number of nitrogens with zero attached hydrogens (tertiary/aromatic N) is 1. The van der Waals surface area contributed by atoms with Crippen LogP contribution in [0.2, 0.25) is 0 Å².